The van der Waals surface area contributed by atoms with E-state index in [1.807, 2.05) is 23.6 Å². The molecule has 2 aromatic rings. The minimum atomic E-state index is -0.135. The van der Waals surface area contributed by atoms with Gasteiger partial charge in [0, 0.05) is 17.1 Å². The summed E-state index contributed by atoms with van der Waals surface area (Å²) in [4.78, 5) is 16.0. The molecule has 4 nitrogen and oxygen atoms in total. The van der Waals surface area contributed by atoms with Gasteiger partial charge in [-0.1, -0.05) is 18.2 Å². The predicted octanol–water partition coefficient (Wildman–Crippen LogP) is 1.90. The summed E-state index contributed by atoms with van der Waals surface area (Å²) < 4.78 is 0. The lowest BCUT2D eigenvalue weighted by Crippen LogP contribution is -2.15. The van der Waals surface area contributed by atoms with Gasteiger partial charge in [-0.3, -0.25) is 10.1 Å². The van der Waals surface area contributed by atoms with Gasteiger partial charge < -0.3 is 5.73 Å². The Labute approximate surface area is 103 Å². The van der Waals surface area contributed by atoms with Gasteiger partial charge in [0.25, 0.3) is 5.91 Å². The molecule has 0 radical (unpaired) electrons. The molecule has 0 aliphatic heterocycles. The van der Waals surface area contributed by atoms with E-state index in [0.717, 1.165) is 5.56 Å². The van der Waals surface area contributed by atoms with Gasteiger partial charge in [0.15, 0.2) is 5.13 Å². The largest absolute Gasteiger partial charge is 0.330 e. The van der Waals surface area contributed by atoms with Gasteiger partial charge in [-0.25, -0.2) is 4.98 Å². The highest BCUT2D eigenvalue weighted by molar-refractivity contribution is 7.13. The van der Waals surface area contributed by atoms with Crippen molar-refractivity contribution in [1.82, 2.24) is 4.98 Å². The average molecular weight is 247 g/mol. The standard InChI is InChI=1S/C12H13N3OS/c13-6-5-9-3-1-2-4-10(9)11(16)15-12-14-7-8-17-12/h1-4,7-8H,5-6,13H2,(H,14,15,16). The van der Waals surface area contributed by atoms with E-state index in [1.54, 1.807) is 12.3 Å². The van der Waals surface area contributed by atoms with Gasteiger partial charge in [0.1, 0.15) is 0 Å². The van der Waals surface area contributed by atoms with Crippen LogP contribution in [0.5, 0.6) is 0 Å². The molecular formula is C12H13N3OS. The molecule has 0 unspecified atom stereocenters. The third kappa shape index (κ3) is 2.89. The third-order valence-electron chi connectivity index (χ3n) is 2.33. The van der Waals surface area contributed by atoms with E-state index in [2.05, 4.69) is 10.3 Å². The summed E-state index contributed by atoms with van der Waals surface area (Å²) in [5.41, 5.74) is 7.15. The number of rotatable bonds is 4. The SMILES string of the molecule is NCCc1ccccc1C(=O)Nc1nccs1. The Morgan fingerprint density at radius 2 is 2.24 bits per heavy atom. The van der Waals surface area contributed by atoms with Crippen molar-refractivity contribution in [2.45, 2.75) is 6.42 Å². The summed E-state index contributed by atoms with van der Waals surface area (Å²) in [6, 6.07) is 7.47. The lowest BCUT2D eigenvalue weighted by atomic mass is 10.0. The van der Waals surface area contributed by atoms with Crippen LogP contribution in [0.3, 0.4) is 0 Å². The predicted molar refractivity (Wildman–Crippen MR) is 69.3 cm³/mol. The first kappa shape index (κ1) is 11.8. The Morgan fingerprint density at radius 1 is 1.41 bits per heavy atom. The summed E-state index contributed by atoms with van der Waals surface area (Å²) in [5, 5.41) is 5.19. The van der Waals surface area contributed by atoms with Crippen LogP contribution in [0.1, 0.15) is 15.9 Å². The van der Waals surface area contributed by atoms with E-state index < -0.39 is 0 Å². The maximum Gasteiger partial charge on any atom is 0.257 e. The van der Waals surface area contributed by atoms with Crippen LogP contribution in [0, 0.1) is 0 Å². The Bertz CT molecular complexity index is 496. The van der Waals surface area contributed by atoms with Crippen molar-refractivity contribution in [2.75, 3.05) is 11.9 Å². The van der Waals surface area contributed by atoms with E-state index >= 15 is 0 Å². The molecule has 0 bridgehead atoms. The minimum absolute atomic E-state index is 0.135. The second-order valence-corrected chi connectivity index (χ2v) is 4.38. The molecule has 5 heteroatoms. The summed E-state index contributed by atoms with van der Waals surface area (Å²) in [7, 11) is 0. The number of nitrogens with zero attached hydrogens (tertiary/aromatic N) is 1. The van der Waals surface area contributed by atoms with Gasteiger partial charge in [-0.2, -0.15) is 0 Å². The number of carbonyl (C=O) groups is 1. The fourth-order valence-corrected chi connectivity index (χ4v) is 2.09. The van der Waals surface area contributed by atoms with Crippen LogP contribution >= 0.6 is 11.3 Å². The van der Waals surface area contributed by atoms with Crippen LogP contribution in [0.25, 0.3) is 0 Å². The van der Waals surface area contributed by atoms with E-state index in [9.17, 15) is 4.79 Å². The van der Waals surface area contributed by atoms with Crippen LogP contribution in [-0.2, 0) is 6.42 Å². The summed E-state index contributed by atoms with van der Waals surface area (Å²) in [5.74, 6) is -0.135. The highest BCUT2D eigenvalue weighted by atomic mass is 32.1. The molecule has 0 saturated carbocycles. The van der Waals surface area contributed by atoms with Crippen molar-refractivity contribution in [2.24, 2.45) is 5.73 Å². The molecule has 0 aliphatic rings. The molecule has 0 aliphatic carbocycles. The average Bonchev–Trinajstić information content (AvgIpc) is 2.83. The number of aromatic nitrogens is 1. The normalized spacial score (nSPS) is 10.2. The molecular weight excluding hydrogens is 234 g/mol. The lowest BCUT2D eigenvalue weighted by molar-refractivity contribution is 0.102. The van der Waals surface area contributed by atoms with Crippen molar-refractivity contribution in [3.63, 3.8) is 0 Å². The molecule has 0 saturated heterocycles. The number of amides is 1. The highest BCUT2D eigenvalue weighted by Gasteiger charge is 2.11. The van der Waals surface area contributed by atoms with Crippen molar-refractivity contribution >= 4 is 22.4 Å². The second-order valence-electron chi connectivity index (χ2n) is 3.49. The van der Waals surface area contributed by atoms with Gasteiger partial charge in [0.2, 0.25) is 0 Å². The monoisotopic (exact) mass is 247 g/mol. The molecule has 1 amide bonds. The number of nitrogens with two attached hydrogens (primary N) is 1. The van der Waals surface area contributed by atoms with Gasteiger partial charge in [0.05, 0.1) is 0 Å². The zero-order valence-corrected chi connectivity index (χ0v) is 10.0. The fraction of sp³-hybridized carbons (Fsp3) is 0.167. The Balaban J connectivity index is 2.18. The number of anilines is 1. The fourth-order valence-electron chi connectivity index (χ4n) is 1.56. The van der Waals surface area contributed by atoms with Crippen LogP contribution < -0.4 is 11.1 Å². The maximum absolute atomic E-state index is 12.0. The van der Waals surface area contributed by atoms with Crippen molar-refractivity contribution < 1.29 is 4.79 Å². The molecule has 1 aromatic heterocycles. The van der Waals surface area contributed by atoms with Gasteiger partial charge >= 0.3 is 0 Å². The van der Waals surface area contributed by atoms with E-state index in [-0.39, 0.29) is 5.91 Å². The topological polar surface area (TPSA) is 68.0 Å². The Hall–Kier alpha value is -1.72. The molecule has 0 atom stereocenters. The number of hydrogen-bond acceptors (Lipinski definition) is 4. The van der Waals surface area contributed by atoms with E-state index in [4.69, 9.17) is 5.73 Å². The number of benzene rings is 1. The summed E-state index contributed by atoms with van der Waals surface area (Å²) in [6.45, 7) is 0.529. The summed E-state index contributed by atoms with van der Waals surface area (Å²) in [6.07, 6.45) is 2.35. The number of nitrogens with one attached hydrogen (secondary N) is 1. The second kappa shape index (κ2) is 5.56. The third-order valence-corrected chi connectivity index (χ3v) is 3.02. The van der Waals surface area contributed by atoms with Crippen molar-refractivity contribution in [3.8, 4) is 0 Å². The van der Waals surface area contributed by atoms with Crippen molar-refractivity contribution in [1.29, 1.82) is 0 Å². The Kier molecular flexibility index (Phi) is 3.85. The first-order valence-corrected chi connectivity index (χ1v) is 6.18. The molecule has 1 aromatic carbocycles. The quantitative estimate of drug-likeness (QED) is 0.867. The molecule has 17 heavy (non-hydrogen) atoms. The molecule has 88 valence electrons. The van der Waals surface area contributed by atoms with Crippen LogP contribution in [0.15, 0.2) is 35.8 Å². The first-order chi connectivity index (χ1) is 8.31. The van der Waals surface area contributed by atoms with E-state index in [0.29, 0.717) is 23.7 Å². The minimum Gasteiger partial charge on any atom is -0.330 e. The lowest BCUT2D eigenvalue weighted by Gasteiger charge is -2.07. The van der Waals surface area contributed by atoms with E-state index in [1.165, 1.54) is 11.3 Å². The van der Waals surface area contributed by atoms with Crippen molar-refractivity contribution in [3.05, 3.63) is 47.0 Å². The molecule has 0 fully saturated rings. The maximum atomic E-state index is 12.0. The van der Waals surface area contributed by atoms with Crippen LogP contribution in [0.4, 0.5) is 5.13 Å². The Morgan fingerprint density at radius 3 is 2.94 bits per heavy atom. The number of hydrogen-bond donors (Lipinski definition) is 2. The van der Waals surface area contributed by atoms with Crippen LogP contribution in [-0.4, -0.2) is 17.4 Å². The zero-order chi connectivity index (χ0) is 12.1. The smallest absolute Gasteiger partial charge is 0.257 e. The van der Waals surface area contributed by atoms with Gasteiger partial charge in [-0.05, 0) is 24.6 Å². The number of thiazole rings is 1. The molecule has 0 spiro atoms. The van der Waals surface area contributed by atoms with Gasteiger partial charge in [-0.15, -0.1) is 11.3 Å². The molecule has 3 N–H and O–H groups in total. The summed E-state index contributed by atoms with van der Waals surface area (Å²) >= 11 is 1.40. The highest BCUT2D eigenvalue weighted by Crippen LogP contribution is 2.15. The molecule has 2 rings (SSSR count). The first-order valence-electron chi connectivity index (χ1n) is 5.30. The molecule has 1 heterocycles. The van der Waals surface area contributed by atoms with Crippen LogP contribution in [0.2, 0.25) is 0 Å². The zero-order valence-electron chi connectivity index (χ0n) is 9.22. The number of carbonyl (C=O) groups excluding carboxylic acids is 1.